The van der Waals surface area contributed by atoms with Gasteiger partial charge in [0.1, 0.15) is 5.75 Å². The van der Waals surface area contributed by atoms with Gasteiger partial charge in [0.15, 0.2) is 0 Å². The molecule has 1 aliphatic rings. The van der Waals surface area contributed by atoms with Crippen LogP contribution in [-0.4, -0.2) is 18.2 Å². The molecule has 0 spiro atoms. The molecule has 2 aromatic carbocycles. The zero-order chi connectivity index (χ0) is 22.3. The third kappa shape index (κ3) is 6.35. The molecule has 5 heteroatoms. The first-order chi connectivity index (χ1) is 15.6. The summed E-state index contributed by atoms with van der Waals surface area (Å²) in [6.07, 6.45) is 9.24. The van der Waals surface area contributed by atoms with Crippen molar-refractivity contribution in [2.75, 3.05) is 13.7 Å². The lowest BCUT2D eigenvalue weighted by Crippen LogP contribution is -2.20. The van der Waals surface area contributed by atoms with Gasteiger partial charge in [0.25, 0.3) is 5.56 Å². The van der Waals surface area contributed by atoms with Crippen molar-refractivity contribution in [3.63, 3.8) is 0 Å². The molecule has 1 aromatic heterocycles. The number of nitrogens with one attached hydrogen (secondary N) is 1. The summed E-state index contributed by atoms with van der Waals surface area (Å²) in [7, 11) is 1.71. The lowest BCUT2D eigenvalue weighted by Gasteiger charge is -2.12. The molecular weight excluding hydrogens is 420 g/mol. The van der Waals surface area contributed by atoms with E-state index in [9.17, 15) is 4.79 Å². The standard InChI is InChI=1S/C27H29ClN2O2/c1-32-26-16-21(6-9-24(26)19-29-18-23-4-5-23)12-14-30-15-13-22(17-27(30)31)3-2-20-7-10-25(28)11-8-20/h2-3,6-11,13,15-17,23,29H,4-5,12,14,18-19H2,1H3/b3-2+. The van der Waals surface area contributed by atoms with E-state index in [0.717, 1.165) is 47.9 Å². The van der Waals surface area contributed by atoms with E-state index in [2.05, 4.69) is 23.5 Å². The normalized spacial score (nSPS) is 13.6. The predicted octanol–water partition coefficient (Wildman–Crippen LogP) is 5.42. The second-order valence-electron chi connectivity index (χ2n) is 8.35. The highest BCUT2D eigenvalue weighted by molar-refractivity contribution is 6.30. The molecule has 4 nitrogen and oxygen atoms in total. The molecule has 1 heterocycles. The quantitative estimate of drug-likeness (QED) is 0.450. The summed E-state index contributed by atoms with van der Waals surface area (Å²) in [5.41, 5.74) is 4.25. The van der Waals surface area contributed by atoms with Gasteiger partial charge in [-0.2, -0.15) is 0 Å². The molecule has 1 fully saturated rings. The fraction of sp³-hybridized carbons (Fsp3) is 0.296. The number of aromatic nitrogens is 1. The first-order valence-corrected chi connectivity index (χ1v) is 11.5. The largest absolute Gasteiger partial charge is 0.496 e. The lowest BCUT2D eigenvalue weighted by atomic mass is 10.1. The number of methoxy groups -OCH3 is 1. The summed E-state index contributed by atoms with van der Waals surface area (Å²) in [5.74, 6) is 1.76. The van der Waals surface area contributed by atoms with Crippen LogP contribution in [0.15, 0.2) is 65.6 Å². The van der Waals surface area contributed by atoms with E-state index >= 15 is 0 Å². The van der Waals surface area contributed by atoms with Gasteiger partial charge in [-0.3, -0.25) is 4.79 Å². The number of nitrogens with zero attached hydrogens (tertiary/aromatic N) is 1. The Labute approximate surface area is 194 Å². The van der Waals surface area contributed by atoms with E-state index in [1.807, 2.05) is 48.7 Å². The maximum absolute atomic E-state index is 12.6. The monoisotopic (exact) mass is 448 g/mol. The Morgan fingerprint density at radius 3 is 2.56 bits per heavy atom. The number of ether oxygens (including phenoxy) is 1. The lowest BCUT2D eigenvalue weighted by molar-refractivity contribution is 0.406. The zero-order valence-electron chi connectivity index (χ0n) is 18.4. The van der Waals surface area contributed by atoms with Gasteiger partial charge in [-0.25, -0.2) is 0 Å². The van der Waals surface area contributed by atoms with Crippen LogP contribution in [0.5, 0.6) is 5.75 Å². The molecule has 1 N–H and O–H groups in total. The van der Waals surface area contributed by atoms with E-state index in [1.54, 1.807) is 17.7 Å². The SMILES string of the molecule is COc1cc(CCn2ccc(/C=C/c3ccc(Cl)cc3)cc2=O)ccc1CNCC1CC1. The second kappa shape index (κ2) is 10.7. The molecule has 166 valence electrons. The Morgan fingerprint density at radius 2 is 1.84 bits per heavy atom. The summed E-state index contributed by atoms with van der Waals surface area (Å²) >= 11 is 5.92. The van der Waals surface area contributed by atoms with Crippen molar-refractivity contribution in [3.8, 4) is 5.75 Å². The van der Waals surface area contributed by atoms with E-state index < -0.39 is 0 Å². The van der Waals surface area contributed by atoms with Gasteiger partial charge in [-0.05, 0) is 72.7 Å². The third-order valence-electron chi connectivity index (χ3n) is 5.80. The molecule has 0 unspecified atom stereocenters. The zero-order valence-corrected chi connectivity index (χ0v) is 19.1. The number of pyridine rings is 1. The van der Waals surface area contributed by atoms with Gasteiger partial charge in [-0.1, -0.05) is 48.0 Å². The summed E-state index contributed by atoms with van der Waals surface area (Å²) in [6.45, 7) is 2.53. The molecule has 3 aromatic rings. The fourth-order valence-corrected chi connectivity index (χ4v) is 3.78. The first kappa shape index (κ1) is 22.4. The Bertz CT molecular complexity index is 1130. The molecule has 0 bridgehead atoms. The predicted molar refractivity (Wildman–Crippen MR) is 132 cm³/mol. The van der Waals surface area contributed by atoms with E-state index in [4.69, 9.17) is 16.3 Å². The number of hydrogen-bond donors (Lipinski definition) is 1. The number of rotatable bonds is 10. The van der Waals surface area contributed by atoms with Crippen LogP contribution in [0.2, 0.25) is 5.02 Å². The highest BCUT2D eigenvalue weighted by Gasteiger charge is 2.20. The van der Waals surface area contributed by atoms with Gasteiger partial charge in [0, 0.05) is 35.9 Å². The summed E-state index contributed by atoms with van der Waals surface area (Å²) in [4.78, 5) is 12.6. The molecule has 0 saturated heterocycles. The minimum atomic E-state index is -0.00360. The molecule has 32 heavy (non-hydrogen) atoms. The van der Waals surface area contributed by atoms with Crippen LogP contribution in [0.25, 0.3) is 12.2 Å². The molecule has 0 amide bonds. The number of halogens is 1. The Morgan fingerprint density at radius 1 is 1.06 bits per heavy atom. The smallest absolute Gasteiger partial charge is 0.251 e. The highest BCUT2D eigenvalue weighted by atomic mass is 35.5. The summed E-state index contributed by atoms with van der Waals surface area (Å²) in [5, 5.41) is 4.23. The van der Waals surface area contributed by atoms with Crippen molar-refractivity contribution >= 4 is 23.8 Å². The molecule has 1 saturated carbocycles. The van der Waals surface area contributed by atoms with Crippen molar-refractivity contribution in [3.05, 3.63) is 98.4 Å². The fourth-order valence-electron chi connectivity index (χ4n) is 3.65. The van der Waals surface area contributed by atoms with Crippen LogP contribution in [0, 0.1) is 5.92 Å². The Kier molecular flexibility index (Phi) is 7.46. The summed E-state index contributed by atoms with van der Waals surface area (Å²) < 4.78 is 7.34. The molecular formula is C27H29ClN2O2. The average molecular weight is 449 g/mol. The maximum atomic E-state index is 12.6. The number of benzene rings is 2. The van der Waals surface area contributed by atoms with Crippen molar-refractivity contribution in [1.82, 2.24) is 9.88 Å². The molecule has 4 rings (SSSR count). The van der Waals surface area contributed by atoms with Crippen LogP contribution in [0.1, 0.15) is 35.1 Å². The molecule has 0 aliphatic heterocycles. The van der Waals surface area contributed by atoms with Crippen molar-refractivity contribution in [2.45, 2.75) is 32.4 Å². The Balaban J connectivity index is 1.35. The first-order valence-electron chi connectivity index (χ1n) is 11.1. The van der Waals surface area contributed by atoms with Gasteiger partial charge in [0.2, 0.25) is 0 Å². The highest BCUT2D eigenvalue weighted by Crippen LogP contribution is 2.28. The molecule has 0 radical (unpaired) electrons. The van der Waals surface area contributed by atoms with Crippen LogP contribution in [-0.2, 0) is 19.5 Å². The van der Waals surface area contributed by atoms with E-state index in [0.29, 0.717) is 11.6 Å². The van der Waals surface area contributed by atoms with Crippen LogP contribution >= 0.6 is 11.6 Å². The average Bonchev–Trinajstić information content (AvgIpc) is 3.63. The van der Waals surface area contributed by atoms with Gasteiger partial charge in [0.05, 0.1) is 7.11 Å². The van der Waals surface area contributed by atoms with Gasteiger partial charge < -0.3 is 14.6 Å². The van der Waals surface area contributed by atoms with Crippen LogP contribution < -0.4 is 15.6 Å². The van der Waals surface area contributed by atoms with E-state index in [-0.39, 0.29) is 5.56 Å². The number of aryl methyl sites for hydroxylation is 2. The van der Waals surface area contributed by atoms with Crippen molar-refractivity contribution in [1.29, 1.82) is 0 Å². The molecule has 0 atom stereocenters. The van der Waals surface area contributed by atoms with Gasteiger partial charge >= 0.3 is 0 Å². The second-order valence-corrected chi connectivity index (χ2v) is 8.78. The topological polar surface area (TPSA) is 43.3 Å². The maximum Gasteiger partial charge on any atom is 0.251 e. The van der Waals surface area contributed by atoms with Crippen molar-refractivity contribution in [2.24, 2.45) is 5.92 Å². The van der Waals surface area contributed by atoms with Crippen LogP contribution in [0.4, 0.5) is 0 Å². The third-order valence-corrected chi connectivity index (χ3v) is 6.05. The van der Waals surface area contributed by atoms with Gasteiger partial charge in [-0.15, -0.1) is 0 Å². The minimum absolute atomic E-state index is 0.00360. The summed E-state index contributed by atoms with van der Waals surface area (Å²) in [6, 6.07) is 17.6. The van der Waals surface area contributed by atoms with Crippen LogP contribution in [0.3, 0.4) is 0 Å². The Hall–Kier alpha value is -2.82. The molecule has 1 aliphatic carbocycles. The number of hydrogen-bond acceptors (Lipinski definition) is 3. The van der Waals surface area contributed by atoms with E-state index in [1.165, 1.54) is 18.4 Å². The minimum Gasteiger partial charge on any atom is -0.496 e. The van der Waals surface area contributed by atoms with Crippen molar-refractivity contribution < 1.29 is 4.74 Å².